The summed E-state index contributed by atoms with van der Waals surface area (Å²) in [6.45, 7) is 7.36. The van der Waals surface area contributed by atoms with Gasteiger partial charge in [-0.3, -0.25) is 4.79 Å². The molecule has 4 rings (SSSR count). The lowest BCUT2D eigenvalue weighted by Crippen LogP contribution is -2.34. The molecule has 2 fully saturated rings. The van der Waals surface area contributed by atoms with Crippen molar-refractivity contribution in [3.05, 3.63) is 47.3 Å². The Bertz CT molecular complexity index is 787. The van der Waals surface area contributed by atoms with E-state index in [0.717, 1.165) is 43.5 Å². The second-order valence-corrected chi connectivity index (χ2v) is 7.17. The van der Waals surface area contributed by atoms with Crippen LogP contribution in [0.1, 0.15) is 21.7 Å². The number of para-hydroxylation sites is 1. The lowest BCUT2D eigenvalue weighted by atomic mass is 10.0. The van der Waals surface area contributed by atoms with Gasteiger partial charge in [0.05, 0.1) is 5.56 Å². The van der Waals surface area contributed by atoms with Crippen molar-refractivity contribution >= 4 is 17.5 Å². The van der Waals surface area contributed by atoms with Crippen LogP contribution >= 0.6 is 0 Å². The van der Waals surface area contributed by atoms with Crippen LogP contribution in [0.25, 0.3) is 0 Å². The van der Waals surface area contributed by atoms with Crippen LogP contribution in [0.4, 0.5) is 11.6 Å². The molecule has 1 aromatic heterocycles. The third-order valence-electron chi connectivity index (χ3n) is 5.22. The average Bonchev–Trinajstić information content (AvgIpc) is 3.12. The van der Waals surface area contributed by atoms with Gasteiger partial charge in [0, 0.05) is 55.1 Å². The summed E-state index contributed by atoms with van der Waals surface area (Å²) < 4.78 is 0. The molecule has 2 aromatic rings. The normalized spacial score (nSPS) is 22.3. The fourth-order valence-electron chi connectivity index (χ4n) is 4.03. The van der Waals surface area contributed by atoms with Crippen molar-refractivity contribution in [2.45, 2.75) is 13.8 Å². The highest BCUT2D eigenvalue weighted by atomic mass is 16.2. The quantitative estimate of drug-likeness (QED) is 0.847. The fraction of sp³-hybridized carbons (Fsp3) is 0.421. The molecule has 25 heavy (non-hydrogen) atoms. The van der Waals surface area contributed by atoms with Gasteiger partial charge in [0.2, 0.25) is 5.95 Å². The van der Waals surface area contributed by atoms with Gasteiger partial charge in [0.25, 0.3) is 5.91 Å². The molecule has 1 amide bonds. The van der Waals surface area contributed by atoms with E-state index in [1.54, 1.807) is 12.1 Å². The highest BCUT2D eigenvalue weighted by Crippen LogP contribution is 2.34. The van der Waals surface area contributed by atoms with Gasteiger partial charge in [-0.15, -0.1) is 0 Å². The van der Waals surface area contributed by atoms with E-state index in [4.69, 9.17) is 5.73 Å². The number of fused-ring (bicyclic) bond motifs is 1. The minimum Gasteiger partial charge on any atom is -0.398 e. The number of nitrogens with two attached hydrogens (primary N) is 1. The van der Waals surface area contributed by atoms with E-state index in [1.165, 1.54) is 0 Å². The molecule has 2 N–H and O–H groups in total. The van der Waals surface area contributed by atoms with Crippen LogP contribution < -0.4 is 10.6 Å². The van der Waals surface area contributed by atoms with Crippen molar-refractivity contribution in [1.29, 1.82) is 0 Å². The van der Waals surface area contributed by atoms with Gasteiger partial charge >= 0.3 is 0 Å². The zero-order chi connectivity index (χ0) is 17.6. The molecule has 2 unspecified atom stereocenters. The van der Waals surface area contributed by atoms with Gasteiger partial charge in [-0.2, -0.15) is 0 Å². The van der Waals surface area contributed by atoms with Crippen LogP contribution in [0.2, 0.25) is 0 Å². The second-order valence-electron chi connectivity index (χ2n) is 7.17. The van der Waals surface area contributed by atoms with Crippen molar-refractivity contribution < 1.29 is 4.79 Å². The zero-order valence-electron chi connectivity index (χ0n) is 14.6. The largest absolute Gasteiger partial charge is 0.398 e. The number of likely N-dealkylation sites (tertiary alicyclic amines) is 1. The van der Waals surface area contributed by atoms with Crippen molar-refractivity contribution in [2.75, 3.05) is 36.8 Å². The number of aryl methyl sites for hydroxylation is 2. The highest BCUT2D eigenvalue weighted by molar-refractivity contribution is 5.99. The van der Waals surface area contributed by atoms with Crippen LogP contribution in [0.15, 0.2) is 30.3 Å². The first-order valence-electron chi connectivity index (χ1n) is 8.72. The first-order chi connectivity index (χ1) is 12.0. The molecule has 0 bridgehead atoms. The highest BCUT2D eigenvalue weighted by Gasteiger charge is 2.42. The molecular weight excluding hydrogens is 314 g/mol. The molecule has 2 aliphatic heterocycles. The summed E-state index contributed by atoms with van der Waals surface area (Å²) in [7, 11) is 0. The molecule has 3 heterocycles. The Hall–Kier alpha value is -2.63. The lowest BCUT2D eigenvalue weighted by Gasteiger charge is -2.22. The summed E-state index contributed by atoms with van der Waals surface area (Å²) in [6.07, 6.45) is 0. The average molecular weight is 337 g/mol. The SMILES string of the molecule is Cc1cc(C)nc(N2CC3CN(C(=O)c4ccccc4N)CC3C2)n1. The standard InChI is InChI=1S/C19H23N5O/c1-12-7-13(2)22-19(21-12)24-10-14-8-23(9-15(14)11-24)18(25)16-5-3-4-6-17(16)20/h3-7,14-15H,8-11,20H2,1-2H3. The Morgan fingerprint density at radius 1 is 1.04 bits per heavy atom. The smallest absolute Gasteiger partial charge is 0.255 e. The zero-order valence-corrected chi connectivity index (χ0v) is 14.6. The molecule has 0 radical (unpaired) electrons. The van der Waals surface area contributed by atoms with E-state index in [1.807, 2.05) is 36.9 Å². The van der Waals surface area contributed by atoms with Crippen molar-refractivity contribution in [1.82, 2.24) is 14.9 Å². The number of nitrogen functional groups attached to an aromatic ring is 1. The molecule has 0 spiro atoms. The number of hydrogen-bond acceptors (Lipinski definition) is 5. The molecule has 2 atom stereocenters. The summed E-state index contributed by atoms with van der Waals surface area (Å²) in [6, 6.07) is 9.29. The van der Waals surface area contributed by atoms with Crippen LogP contribution in [-0.4, -0.2) is 47.0 Å². The molecule has 0 saturated carbocycles. The monoisotopic (exact) mass is 337 g/mol. The van der Waals surface area contributed by atoms with Gasteiger partial charge in [0.1, 0.15) is 0 Å². The summed E-state index contributed by atoms with van der Waals surface area (Å²) in [4.78, 5) is 26.1. The maximum Gasteiger partial charge on any atom is 0.255 e. The van der Waals surface area contributed by atoms with E-state index in [-0.39, 0.29) is 5.91 Å². The minimum atomic E-state index is 0.0432. The second kappa shape index (κ2) is 6.02. The summed E-state index contributed by atoms with van der Waals surface area (Å²) in [5.74, 6) is 1.80. The van der Waals surface area contributed by atoms with E-state index >= 15 is 0 Å². The number of rotatable bonds is 2. The predicted molar refractivity (Wildman–Crippen MR) is 97.5 cm³/mol. The first kappa shape index (κ1) is 15.9. The van der Waals surface area contributed by atoms with Crippen molar-refractivity contribution in [3.8, 4) is 0 Å². The van der Waals surface area contributed by atoms with Crippen molar-refractivity contribution in [2.24, 2.45) is 11.8 Å². The van der Waals surface area contributed by atoms with Crippen LogP contribution in [0, 0.1) is 25.7 Å². The molecular formula is C19H23N5O. The number of hydrogen-bond donors (Lipinski definition) is 1. The number of aromatic nitrogens is 2. The van der Waals surface area contributed by atoms with E-state index < -0.39 is 0 Å². The van der Waals surface area contributed by atoms with Gasteiger partial charge < -0.3 is 15.5 Å². The molecule has 1 aromatic carbocycles. The first-order valence-corrected chi connectivity index (χ1v) is 8.72. The predicted octanol–water partition coefficient (Wildman–Crippen LogP) is 1.88. The molecule has 6 heteroatoms. The summed E-state index contributed by atoms with van der Waals surface area (Å²) in [5.41, 5.74) is 9.11. The van der Waals surface area contributed by atoms with Crippen molar-refractivity contribution in [3.63, 3.8) is 0 Å². The van der Waals surface area contributed by atoms with Crippen LogP contribution in [0.5, 0.6) is 0 Å². The number of carbonyl (C=O) groups is 1. The third kappa shape index (κ3) is 2.92. The molecule has 0 aliphatic carbocycles. The summed E-state index contributed by atoms with van der Waals surface area (Å²) in [5, 5.41) is 0. The third-order valence-corrected chi connectivity index (χ3v) is 5.22. The fourth-order valence-corrected chi connectivity index (χ4v) is 4.03. The molecule has 130 valence electrons. The van der Waals surface area contributed by atoms with Gasteiger partial charge in [-0.05, 0) is 32.0 Å². The Balaban J connectivity index is 1.46. The molecule has 2 aliphatic rings. The number of amides is 1. The maximum atomic E-state index is 12.7. The summed E-state index contributed by atoms with van der Waals surface area (Å²) >= 11 is 0. The Kier molecular flexibility index (Phi) is 3.82. The van der Waals surface area contributed by atoms with Crippen LogP contribution in [-0.2, 0) is 0 Å². The molecule has 2 saturated heterocycles. The van der Waals surface area contributed by atoms with E-state index in [0.29, 0.717) is 23.1 Å². The van der Waals surface area contributed by atoms with Crippen LogP contribution in [0.3, 0.4) is 0 Å². The van der Waals surface area contributed by atoms with E-state index in [9.17, 15) is 4.79 Å². The number of anilines is 2. The Morgan fingerprint density at radius 2 is 1.64 bits per heavy atom. The Morgan fingerprint density at radius 3 is 2.24 bits per heavy atom. The van der Waals surface area contributed by atoms with Gasteiger partial charge in [0.15, 0.2) is 0 Å². The number of nitrogens with zero attached hydrogens (tertiary/aromatic N) is 4. The topological polar surface area (TPSA) is 75.4 Å². The number of benzene rings is 1. The lowest BCUT2D eigenvalue weighted by molar-refractivity contribution is 0.0783. The van der Waals surface area contributed by atoms with E-state index in [2.05, 4.69) is 14.9 Å². The minimum absolute atomic E-state index is 0.0432. The maximum absolute atomic E-state index is 12.7. The Labute approximate surface area is 147 Å². The number of carbonyl (C=O) groups excluding carboxylic acids is 1. The van der Waals surface area contributed by atoms with Gasteiger partial charge in [-0.1, -0.05) is 12.1 Å². The molecule has 6 nitrogen and oxygen atoms in total. The van der Waals surface area contributed by atoms with Gasteiger partial charge in [-0.25, -0.2) is 9.97 Å².